The zero-order valence-electron chi connectivity index (χ0n) is 10.8. The van der Waals surface area contributed by atoms with Crippen LogP contribution in [0.3, 0.4) is 0 Å². The Kier molecular flexibility index (Phi) is 4.21. The first-order valence-corrected chi connectivity index (χ1v) is 6.87. The molecule has 0 unspecified atom stereocenters. The molecule has 2 rings (SSSR count). The van der Waals surface area contributed by atoms with Crippen LogP contribution in [0.5, 0.6) is 0 Å². The van der Waals surface area contributed by atoms with E-state index in [0.717, 1.165) is 12.6 Å². The summed E-state index contributed by atoms with van der Waals surface area (Å²) in [5.74, 6) is 0.562. The quantitative estimate of drug-likeness (QED) is 0.757. The van der Waals surface area contributed by atoms with E-state index in [-0.39, 0.29) is 11.9 Å². The van der Waals surface area contributed by atoms with E-state index in [4.69, 9.17) is 0 Å². The normalized spacial score (nSPS) is 28.2. The van der Waals surface area contributed by atoms with Gasteiger partial charge in [0, 0.05) is 18.6 Å². The standard InChI is InChI=1S/C14H24N2O/c1-3-14(17)15-11(2)12-6-5-9-16(10-12)13-7-4-8-13/h3,11-13H,1,4-10H2,2H3,(H,15,17)/t11-,12-/m1/s1. The topological polar surface area (TPSA) is 32.3 Å². The molecular formula is C14H24N2O. The molecule has 1 aliphatic carbocycles. The summed E-state index contributed by atoms with van der Waals surface area (Å²) in [6.45, 7) is 8.03. The third-order valence-corrected chi connectivity index (χ3v) is 4.34. The fourth-order valence-corrected chi connectivity index (χ4v) is 2.93. The molecule has 1 saturated carbocycles. The van der Waals surface area contributed by atoms with E-state index >= 15 is 0 Å². The first kappa shape index (κ1) is 12.6. The number of likely N-dealkylation sites (tertiary alicyclic amines) is 1. The Labute approximate surface area is 104 Å². The van der Waals surface area contributed by atoms with Gasteiger partial charge in [-0.05, 0) is 51.1 Å². The Hall–Kier alpha value is -0.830. The SMILES string of the molecule is C=CC(=O)N[C@H](C)[C@@H]1CCCN(C2CCC2)C1. The predicted molar refractivity (Wildman–Crippen MR) is 69.7 cm³/mol. The monoisotopic (exact) mass is 236 g/mol. The van der Waals surface area contributed by atoms with E-state index in [2.05, 4.69) is 23.7 Å². The minimum Gasteiger partial charge on any atom is -0.350 e. The van der Waals surface area contributed by atoms with Gasteiger partial charge in [0.15, 0.2) is 0 Å². The molecule has 0 bridgehead atoms. The number of hydrogen-bond acceptors (Lipinski definition) is 2. The van der Waals surface area contributed by atoms with Crippen LogP contribution in [-0.2, 0) is 4.79 Å². The largest absolute Gasteiger partial charge is 0.350 e. The molecule has 3 nitrogen and oxygen atoms in total. The van der Waals surface area contributed by atoms with Crippen LogP contribution in [0.4, 0.5) is 0 Å². The molecular weight excluding hydrogens is 212 g/mol. The molecule has 17 heavy (non-hydrogen) atoms. The highest BCUT2D eigenvalue weighted by atomic mass is 16.1. The highest BCUT2D eigenvalue weighted by molar-refractivity contribution is 5.87. The molecule has 0 spiro atoms. The molecule has 1 N–H and O–H groups in total. The van der Waals surface area contributed by atoms with Crippen LogP contribution < -0.4 is 5.32 Å². The minimum atomic E-state index is -0.0433. The lowest BCUT2D eigenvalue weighted by molar-refractivity contribution is -0.117. The fraction of sp³-hybridized carbons (Fsp3) is 0.786. The van der Waals surface area contributed by atoms with Crippen molar-refractivity contribution in [2.24, 2.45) is 5.92 Å². The number of carbonyl (C=O) groups is 1. The van der Waals surface area contributed by atoms with E-state index in [1.165, 1.54) is 44.7 Å². The van der Waals surface area contributed by atoms with Crippen molar-refractivity contribution < 1.29 is 4.79 Å². The van der Waals surface area contributed by atoms with E-state index in [1.54, 1.807) is 0 Å². The molecule has 0 aromatic rings. The molecule has 1 amide bonds. The van der Waals surface area contributed by atoms with E-state index in [1.807, 2.05) is 0 Å². The van der Waals surface area contributed by atoms with Crippen LogP contribution in [0, 0.1) is 5.92 Å². The summed E-state index contributed by atoms with van der Waals surface area (Å²) in [5, 5.41) is 3.01. The number of amides is 1. The third kappa shape index (κ3) is 3.09. The van der Waals surface area contributed by atoms with Crippen LogP contribution in [0.2, 0.25) is 0 Å². The Morgan fingerprint density at radius 3 is 2.76 bits per heavy atom. The molecule has 0 aromatic heterocycles. The molecule has 3 heteroatoms. The van der Waals surface area contributed by atoms with Gasteiger partial charge in [-0.15, -0.1) is 0 Å². The second-order valence-corrected chi connectivity index (χ2v) is 5.48. The van der Waals surface area contributed by atoms with Gasteiger partial charge >= 0.3 is 0 Å². The molecule has 0 radical (unpaired) electrons. The lowest BCUT2D eigenvalue weighted by atomic mass is 9.85. The van der Waals surface area contributed by atoms with Gasteiger partial charge in [0.25, 0.3) is 0 Å². The lowest BCUT2D eigenvalue weighted by Crippen LogP contribution is -2.50. The molecule has 1 aliphatic heterocycles. The summed E-state index contributed by atoms with van der Waals surface area (Å²) >= 11 is 0. The smallest absolute Gasteiger partial charge is 0.243 e. The number of carbonyl (C=O) groups excluding carboxylic acids is 1. The van der Waals surface area contributed by atoms with Gasteiger partial charge in [-0.3, -0.25) is 4.79 Å². The summed E-state index contributed by atoms with van der Waals surface area (Å²) in [6.07, 6.45) is 8.02. The highest BCUT2D eigenvalue weighted by Crippen LogP contribution is 2.29. The summed E-state index contributed by atoms with van der Waals surface area (Å²) in [5.41, 5.74) is 0. The zero-order valence-corrected chi connectivity index (χ0v) is 10.8. The van der Waals surface area contributed by atoms with E-state index in [0.29, 0.717) is 5.92 Å². The van der Waals surface area contributed by atoms with Crippen molar-refractivity contribution in [1.82, 2.24) is 10.2 Å². The predicted octanol–water partition coefficient (Wildman–Crippen LogP) is 1.94. The molecule has 2 aliphatic rings. The molecule has 2 atom stereocenters. The number of piperidine rings is 1. The van der Waals surface area contributed by atoms with Crippen molar-refractivity contribution in [3.05, 3.63) is 12.7 Å². The van der Waals surface area contributed by atoms with Gasteiger partial charge in [-0.25, -0.2) is 0 Å². The number of rotatable bonds is 4. The van der Waals surface area contributed by atoms with Gasteiger partial charge in [-0.1, -0.05) is 13.0 Å². The van der Waals surface area contributed by atoms with Crippen molar-refractivity contribution in [3.8, 4) is 0 Å². The maximum absolute atomic E-state index is 11.3. The highest BCUT2D eigenvalue weighted by Gasteiger charge is 2.31. The summed E-state index contributed by atoms with van der Waals surface area (Å²) in [4.78, 5) is 13.9. The molecule has 1 heterocycles. The third-order valence-electron chi connectivity index (χ3n) is 4.34. The van der Waals surface area contributed by atoms with Gasteiger partial charge in [0.1, 0.15) is 0 Å². The second-order valence-electron chi connectivity index (χ2n) is 5.48. The number of nitrogens with one attached hydrogen (secondary N) is 1. The molecule has 96 valence electrons. The molecule has 1 saturated heterocycles. The maximum Gasteiger partial charge on any atom is 0.243 e. The van der Waals surface area contributed by atoms with E-state index < -0.39 is 0 Å². The number of hydrogen-bond donors (Lipinski definition) is 1. The Bertz CT molecular complexity index is 286. The van der Waals surface area contributed by atoms with E-state index in [9.17, 15) is 4.79 Å². The second kappa shape index (κ2) is 5.67. The average Bonchev–Trinajstić information content (AvgIpc) is 2.27. The summed E-state index contributed by atoms with van der Waals surface area (Å²) in [6, 6.07) is 1.10. The first-order valence-electron chi connectivity index (χ1n) is 6.87. The number of nitrogens with zero attached hydrogens (tertiary/aromatic N) is 1. The molecule has 0 aromatic carbocycles. The zero-order chi connectivity index (χ0) is 12.3. The van der Waals surface area contributed by atoms with Crippen molar-refractivity contribution in [2.75, 3.05) is 13.1 Å². The van der Waals surface area contributed by atoms with Crippen LogP contribution in [0.15, 0.2) is 12.7 Å². The van der Waals surface area contributed by atoms with Crippen molar-refractivity contribution in [1.29, 1.82) is 0 Å². The fourth-order valence-electron chi connectivity index (χ4n) is 2.93. The summed E-state index contributed by atoms with van der Waals surface area (Å²) < 4.78 is 0. The Morgan fingerprint density at radius 2 is 2.18 bits per heavy atom. The lowest BCUT2D eigenvalue weighted by Gasteiger charge is -2.43. The Balaban J connectivity index is 1.83. The van der Waals surface area contributed by atoms with Gasteiger partial charge in [-0.2, -0.15) is 0 Å². The average molecular weight is 236 g/mol. The van der Waals surface area contributed by atoms with Crippen molar-refractivity contribution in [2.45, 2.75) is 51.1 Å². The minimum absolute atomic E-state index is 0.0433. The van der Waals surface area contributed by atoms with Gasteiger partial charge in [0.05, 0.1) is 0 Å². The molecule has 2 fully saturated rings. The summed E-state index contributed by atoms with van der Waals surface area (Å²) in [7, 11) is 0. The van der Waals surface area contributed by atoms with Crippen LogP contribution in [-0.4, -0.2) is 36.0 Å². The maximum atomic E-state index is 11.3. The van der Waals surface area contributed by atoms with Crippen LogP contribution >= 0.6 is 0 Å². The van der Waals surface area contributed by atoms with Crippen LogP contribution in [0.25, 0.3) is 0 Å². The Morgan fingerprint density at radius 1 is 1.41 bits per heavy atom. The first-order chi connectivity index (χ1) is 8.20. The van der Waals surface area contributed by atoms with Gasteiger partial charge in [0.2, 0.25) is 5.91 Å². The van der Waals surface area contributed by atoms with Crippen molar-refractivity contribution >= 4 is 5.91 Å². The van der Waals surface area contributed by atoms with Crippen molar-refractivity contribution in [3.63, 3.8) is 0 Å². The van der Waals surface area contributed by atoms with Gasteiger partial charge < -0.3 is 10.2 Å². The van der Waals surface area contributed by atoms with Crippen LogP contribution in [0.1, 0.15) is 39.0 Å².